The summed E-state index contributed by atoms with van der Waals surface area (Å²) in [6, 6.07) is 0.152. The van der Waals surface area contributed by atoms with Crippen LogP contribution in [0, 0.1) is 0 Å². The zero-order chi connectivity index (χ0) is 9.84. The van der Waals surface area contributed by atoms with E-state index in [1.807, 2.05) is 13.8 Å². The van der Waals surface area contributed by atoms with Crippen molar-refractivity contribution in [3.8, 4) is 0 Å². The van der Waals surface area contributed by atoms with Gasteiger partial charge in [0.05, 0.1) is 0 Å². The summed E-state index contributed by atoms with van der Waals surface area (Å²) in [5, 5.41) is 3.96. The molecule has 13 heavy (non-hydrogen) atoms. The van der Waals surface area contributed by atoms with Crippen molar-refractivity contribution in [1.82, 2.24) is 14.8 Å². The molecule has 0 aliphatic carbocycles. The average Bonchev–Trinajstić information content (AvgIpc) is 2.52. The molecule has 0 radical (unpaired) electrons. The van der Waals surface area contributed by atoms with Crippen LogP contribution < -0.4 is 5.73 Å². The fraction of sp³-hybridized carbons (Fsp3) is 0.625. The Balaban J connectivity index is 2.87. The second-order valence-corrected chi connectivity index (χ2v) is 3.08. The first-order valence-electron chi connectivity index (χ1n) is 4.29. The van der Waals surface area contributed by atoms with Crippen LogP contribution in [-0.2, 0) is 0 Å². The standard InChI is InChI=1S/C8H14N4O/c1-6(2)12-8(10-5-11-12)7(13)3-4-9/h5-6H,3-4,9H2,1-2H3. The molecule has 0 amide bonds. The lowest BCUT2D eigenvalue weighted by atomic mass is 10.2. The average molecular weight is 182 g/mol. The summed E-state index contributed by atoms with van der Waals surface area (Å²) in [5.74, 6) is 0.356. The Morgan fingerprint density at radius 3 is 2.92 bits per heavy atom. The smallest absolute Gasteiger partial charge is 0.201 e. The van der Waals surface area contributed by atoms with Crippen molar-refractivity contribution < 1.29 is 4.79 Å². The van der Waals surface area contributed by atoms with E-state index in [1.165, 1.54) is 6.33 Å². The highest BCUT2D eigenvalue weighted by atomic mass is 16.1. The highest BCUT2D eigenvalue weighted by Crippen LogP contribution is 2.06. The molecule has 0 unspecified atom stereocenters. The van der Waals surface area contributed by atoms with Crippen LogP contribution >= 0.6 is 0 Å². The fourth-order valence-electron chi connectivity index (χ4n) is 1.07. The maximum atomic E-state index is 11.4. The van der Waals surface area contributed by atoms with Gasteiger partial charge >= 0.3 is 0 Å². The Morgan fingerprint density at radius 2 is 2.38 bits per heavy atom. The van der Waals surface area contributed by atoms with E-state index in [0.29, 0.717) is 18.8 Å². The zero-order valence-electron chi connectivity index (χ0n) is 7.90. The van der Waals surface area contributed by atoms with Crippen molar-refractivity contribution >= 4 is 5.78 Å². The highest BCUT2D eigenvalue weighted by molar-refractivity contribution is 5.92. The Kier molecular flexibility index (Phi) is 3.13. The lowest BCUT2D eigenvalue weighted by molar-refractivity contribution is 0.0968. The number of carbonyl (C=O) groups excluding carboxylic acids is 1. The van der Waals surface area contributed by atoms with E-state index in [9.17, 15) is 4.79 Å². The van der Waals surface area contributed by atoms with Crippen molar-refractivity contribution in [1.29, 1.82) is 0 Å². The van der Waals surface area contributed by atoms with Gasteiger partial charge in [0.2, 0.25) is 5.78 Å². The van der Waals surface area contributed by atoms with Gasteiger partial charge in [-0.1, -0.05) is 0 Å². The molecule has 1 aromatic heterocycles. The van der Waals surface area contributed by atoms with E-state index in [1.54, 1.807) is 4.68 Å². The zero-order valence-corrected chi connectivity index (χ0v) is 7.90. The lowest BCUT2D eigenvalue weighted by Crippen LogP contribution is -2.16. The Labute approximate surface area is 76.9 Å². The number of Topliss-reactive ketones (excluding diaryl/α,β-unsaturated/α-hetero) is 1. The van der Waals surface area contributed by atoms with Crippen molar-refractivity contribution in [2.45, 2.75) is 26.3 Å². The van der Waals surface area contributed by atoms with Gasteiger partial charge in [0.25, 0.3) is 0 Å². The summed E-state index contributed by atoms with van der Waals surface area (Å²) < 4.78 is 1.61. The van der Waals surface area contributed by atoms with Gasteiger partial charge in [-0.05, 0) is 20.4 Å². The first-order chi connectivity index (χ1) is 6.16. The molecule has 0 spiro atoms. The molecule has 2 N–H and O–H groups in total. The molecule has 0 saturated heterocycles. The summed E-state index contributed by atoms with van der Waals surface area (Å²) in [4.78, 5) is 15.3. The molecule has 5 nitrogen and oxygen atoms in total. The molecule has 0 atom stereocenters. The molecule has 72 valence electrons. The van der Waals surface area contributed by atoms with Crippen molar-refractivity contribution in [3.63, 3.8) is 0 Å². The first-order valence-corrected chi connectivity index (χ1v) is 4.29. The molecule has 0 aliphatic heterocycles. The first kappa shape index (κ1) is 9.85. The van der Waals surface area contributed by atoms with Gasteiger partial charge in [-0.15, -0.1) is 0 Å². The Morgan fingerprint density at radius 1 is 1.69 bits per heavy atom. The highest BCUT2D eigenvalue weighted by Gasteiger charge is 2.14. The molecule has 1 aromatic rings. The van der Waals surface area contributed by atoms with E-state index in [4.69, 9.17) is 5.73 Å². The van der Waals surface area contributed by atoms with Gasteiger partial charge in [0, 0.05) is 12.5 Å². The van der Waals surface area contributed by atoms with Gasteiger partial charge in [0.1, 0.15) is 6.33 Å². The van der Waals surface area contributed by atoms with E-state index in [2.05, 4.69) is 10.1 Å². The van der Waals surface area contributed by atoms with Crippen molar-refractivity contribution in [3.05, 3.63) is 12.2 Å². The fourth-order valence-corrected chi connectivity index (χ4v) is 1.07. The van der Waals surface area contributed by atoms with Crippen LogP contribution in [-0.4, -0.2) is 27.1 Å². The number of nitrogens with two attached hydrogens (primary N) is 1. The second kappa shape index (κ2) is 4.13. The molecule has 0 aliphatic rings. The number of carbonyl (C=O) groups is 1. The van der Waals surface area contributed by atoms with Crippen molar-refractivity contribution in [2.75, 3.05) is 6.54 Å². The molecule has 0 saturated carbocycles. The number of nitrogens with zero attached hydrogens (tertiary/aromatic N) is 3. The van der Waals surface area contributed by atoms with Crippen molar-refractivity contribution in [2.24, 2.45) is 5.73 Å². The van der Waals surface area contributed by atoms with Crippen LogP contribution in [0.1, 0.15) is 36.9 Å². The van der Waals surface area contributed by atoms with Crippen LogP contribution in [0.5, 0.6) is 0 Å². The molecular weight excluding hydrogens is 168 g/mol. The number of hydrogen-bond donors (Lipinski definition) is 1. The Bertz CT molecular complexity index is 292. The quantitative estimate of drug-likeness (QED) is 0.683. The number of ketones is 1. The monoisotopic (exact) mass is 182 g/mol. The van der Waals surface area contributed by atoms with Crippen LogP contribution in [0.25, 0.3) is 0 Å². The van der Waals surface area contributed by atoms with Gasteiger partial charge in [-0.2, -0.15) is 5.10 Å². The molecular formula is C8H14N4O. The summed E-state index contributed by atoms with van der Waals surface area (Å²) >= 11 is 0. The molecule has 0 bridgehead atoms. The van der Waals surface area contributed by atoms with Crippen LogP contribution in [0.4, 0.5) is 0 Å². The molecule has 1 rings (SSSR count). The molecule has 5 heteroatoms. The summed E-state index contributed by atoms with van der Waals surface area (Å²) in [6.45, 7) is 4.26. The minimum Gasteiger partial charge on any atom is -0.330 e. The van der Waals surface area contributed by atoms with E-state index in [0.717, 1.165) is 0 Å². The predicted octanol–water partition coefficient (Wildman–Crippen LogP) is 0.390. The molecule has 1 heterocycles. The van der Waals surface area contributed by atoms with E-state index < -0.39 is 0 Å². The van der Waals surface area contributed by atoms with Gasteiger partial charge in [-0.25, -0.2) is 9.67 Å². The van der Waals surface area contributed by atoms with Gasteiger partial charge in [0.15, 0.2) is 5.82 Å². The SMILES string of the molecule is CC(C)n1ncnc1C(=O)CCN. The van der Waals surface area contributed by atoms with E-state index in [-0.39, 0.29) is 11.8 Å². The predicted molar refractivity (Wildman–Crippen MR) is 48.4 cm³/mol. The normalized spacial score (nSPS) is 10.8. The maximum Gasteiger partial charge on any atom is 0.201 e. The number of hydrogen-bond acceptors (Lipinski definition) is 4. The third-order valence-electron chi connectivity index (χ3n) is 1.68. The largest absolute Gasteiger partial charge is 0.330 e. The summed E-state index contributed by atoms with van der Waals surface area (Å²) in [7, 11) is 0. The van der Waals surface area contributed by atoms with Crippen LogP contribution in [0.15, 0.2) is 6.33 Å². The van der Waals surface area contributed by atoms with Crippen LogP contribution in [0.3, 0.4) is 0 Å². The summed E-state index contributed by atoms with van der Waals surface area (Å²) in [6.07, 6.45) is 1.72. The Hall–Kier alpha value is -1.23. The topological polar surface area (TPSA) is 73.8 Å². The third kappa shape index (κ3) is 2.12. The number of rotatable bonds is 4. The summed E-state index contributed by atoms with van der Waals surface area (Å²) in [5.41, 5.74) is 5.28. The third-order valence-corrected chi connectivity index (χ3v) is 1.68. The maximum absolute atomic E-state index is 11.4. The minimum absolute atomic E-state index is 0.0475. The lowest BCUT2D eigenvalue weighted by Gasteiger charge is -2.07. The van der Waals surface area contributed by atoms with E-state index >= 15 is 0 Å². The van der Waals surface area contributed by atoms with Gasteiger partial charge < -0.3 is 5.73 Å². The molecule has 0 fully saturated rings. The number of aromatic nitrogens is 3. The minimum atomic E-state index is -0.0475. The second-order valence-electron chi connectivity index (χ2n) is 3.08. The van der Waals surface area contributed by atoms with Gasteiger partial charge in [-0.3, -0.25) is 4.79 Å². The van der Waals surface area contributed by atoms with Crippen LogP contribution in [0.2, 0.25) is 0 Å². The molecule has 0 aromatic carbocycles.